The van der Waals surface area contributed by atoms with E-state index < -0.39 is 15.7 Å². The molecule has 8 nitrogen and oxygen atoms in total. The van der Waals surface area contributed by atoms with Crippen molar-refractivity contribution in [2.75, 3.05) is 17.7 Å². The standard InChI is InChI=1S/C30H36N4O4S/c1-19(2)14-23-11-7-12-24-17-34(23)29(35)22-10-6-13-25(15-22)39(36,37)18-31-30-32-26(16-27(33-30)38-24)28-20(3)8-5-9-21(28)4/h5-6,8-10,13,15-16,19,23-24H,7,11-12,14,17-18H2,1-4H3,(H,31,32,33)/t23?,24-/m1/s1. The van der Waals surface area contributed by atoms with Crippen molar-refractivity contribution >= 4 is 21.7 Å². The van der Waals surface area contributed by atoms with Gasteiger partial charge in [0.1, 0.15) is 12.0 Å². The van der Waals surface area contributed by atoms with Gasteiger partial charge in [-0.2, -0.15) is 4.98 Å². The predicted molar refractivity (Wildman–Crippen MR) is 152 cm³/mol. The molecule has 9 heteroatoms. The minimum absolute atomic E-state index is 0.0482. The van der Waals surface area contributed by atoms with E-state index in [1.807, 2.05) is 43.0 Å². The summed E-state index contributed by atoms with van der Waals surface area (Å²) in [5.74, 6) is 0.371. The van der Waals surface area contributed by atoms with Crippen LogP contribution in [-0.2, 0) is 9.84 Å². The molecule has 1 aromatic heterocycles. The first-order chi connectivity index (χ1) is 18.6. The molecule has 0 saturated carbocycles. The zero-order valence-electron chi connectivity index (χ0n) is 23.0. The number of rotatable bonds is 3. The van der Waals surface area contributed by atoms with Crippen LogP contribution in [0.15, 0.2) is 53.4 Å². The zero-order chi connectivity index (χ0) is 27.7. The van der Waals surface area contributed by atoms with E-state index in [4.69, 9.17) is 4.74 Å². The smallest absolute Gasteiger partial charge is 0.254 e. The number of fused-ring (bicyclic) bond motifs is 6. The van der Waals surface area contributed by atoms with Gasteiger partial charge < -0.3 is 15.0 Å². The molecule has 5 rings (SSSR count). The molecule has 3 aromatic rings. The molecule has 0 spiro atoms. The molecule has 1 unspecified atom stereocenters. The molecule has 1 fully saturated rings. The lowest BCUT2D eigenvalue weighted by molar-refractivity contribution is 0.0562. The number of aromatic nitrogens is 2. The van der Waals surface area contributed by atoms with Gasteiger partial charge in [0, 0.05) is 23.2 Å². The van der Waals surface area contributed by atoms with Crippen LogP contribution < -0.4 is 10.1 Å². The number of nitrogens with one attached hydrogen (secondary N) is 1. The van der Waals surface area contributed by atoms with Crippen LogP contribution in [-0.4, -0.2) is 53.8 Å². The van der Waals surface area contributed by atoms with Crippen LogP contribution in [0.4, 0.5) is 5.95 Å². The third-order valence-electron chi connectivity index (χ3n) is 7.50. The highest BCUT2D eigenvalue weighted by atomic mass is 32.2. The summed E-state index contributed by atoms with van der Waals surface area (Å²) < 4.78 is 33.1. The van der Waals surface area contributed by atoms with Gasteiger partial charge in [0.05, 0.1) is 17.1 Å². The fraction of sp³-hybridized carbons (Fsp3) is 0.433. The van der Waals surface area contributed by atoms with E-state index in [-0.39, 0.29) is 28.9 Å². The number of hydrogen-bond donors (Lipinski definition) is 1. The molecule has 3 heterocycles. The van der Waals surface area contributed by atoms with Gasteiger partial charge >= 0.3 is 0 Å². The molecule has 1 amide bonds. The Hall–Kier alpha value is -3.46. The summed E-state index contributed by atoms with van der Waals surface area (Å²) in [4.78, 5) is 25.1. The van der Waals surface area contributed by atoms with Gasteiger partial charge in [-0.05, 0) is 74.8 Å². The van der Waals surface area contributed by atoms with Crippen molar-refractivity contribution in [2.24, 2.45) is 5.92 Å². The van der Waals surface area contributed by atoms with Gasteiger partial charge in [-0.1, -0.05) is 38.1 Å². The maximum absolute atomic E-state index is 13.9. The summed E-state index contributed by atoms with van der Waals surface area (Å²) in [5.41, 5.74) is 4.08. The highest BCUT2D eigenvalue weighted by molar-refractivity contribution is 7.91. The average Bonchev–Trinajstić information content (AvgIpc) is 3.08. The van der Waals surface area contributed by atoms with E-state index in [0.717, 1.165) is 42.4 Å². The number of ether oxygens (including phenoxy) is 1. The zero-order valence-corrected chi connectivity index (χ0v) is 23.8. The Bertz CT molecular complexity index is 1470. The molecule has 206 valence electrons. The Labute approximate surface area is 230 Å². The molecule has 0 aliphatic carbocycles. The number of hydrogen-bond acceptors (Lipinski definition) is 7. The van der Waals surface area contributed by atoms with E-state index in [1.165, 1.54) is 12.1 Å². The number of carbonyl (C=O) groups is 1. The quantitative estimate of drug-likeness (QED) is 0.467. The number of carbonyl (C=O) groups excluding carboxylic acids is 1. The molecule has 39 heavy (non-hydrogen) atoms. The molecule has 2 aliphatic rings. The molecule has 2 aromatic carbocycles. The van der Waals surface area contributed by atoms with Crippen LogP contribution in [0.25, 0.3) is 11.3 Å². The fourth-order valence-electron chi connectivity index (χ4n) is 5.64. The fourth-order valence-corrected chi connectivity index (χ4v) is 6.72. The molecular weight excluding hydrogens is 512 g/mol. The number of nitrogens with zero attached hydrogens (tertiary/aromatic N) is 3. The first kappa shape index (κ1) is 27.1. The maximum Gasteiger partial charge on any atom is 0.254 e. The molecule has 6 bridgehead atoms. The first-order valence-electron chi connectivity index (χ1n) is 13.6. The molecular formula is C30H36N4O4S. The van der Waals surface area contributed by atoms with Crippen molar-refractivity contribution < 1.29 is 17.9 Å². The number of benzene rings is 2. The van der Waals surface area contributed by atoms with Crippen LogP contribution in [0.5, 0.6) is 5.88 Å². The van der Waals surface area contributed by atoms with Crippen molar-refractivity contribution in [1.82, 2.24) is 14.9 Å². The van der Waals surface area contributed by atoms with Crippen molar-refractivity contribution in [2.45, 2.75) is 70.4 Å². The highest BCUT2D eigenvalue weighted by Crippen LogP contribution is 2.31. The minimum atomic E-state index is -3.78. The van der Waals surface area contributed by atoms with Crippen molar-refractivity contribution in [3.8, 4) is 17.1 Å². The van der Waals surface area contributed by atoms with Gasteiger partial charge in [-0.25, -0.2) is 13.4 Å². The Morgan fingerprint density at radius 3 is 2.54 bits per heavy atom. The molecule has 1 N–H and O–H groups in total. The van der Waals surface area contributed by atoms with Crippen LogP contribution >= 0.6 is 0 Å². The summed E-state index contributed by atoms with van der Waals surface area (Å²) in [6, 6.07) is 14.2. The van der Waals surface area contributed by atoms with Crippen LogP contribution in [0, 0.1) is 19.8 Å². The molecule has 2 aliphatic heterocycles. The first-order valence-corrected chi connectivity index (χ1v) is 15.3. The Balaban J connectivity index is 1.63. The van der Waals surface area contributed by atoms with Crippen LogP contribution in [0.2, 0.25) is 0 Å². The second-order valence-corrected chi connectivity index (χ2v) is 13.0. The Morgan fingerprint density at radius 2 is 1.79 bits per heavy atom. The highest BCUT2D eigenvalue weighted by Gasteiger charge is 2.32. The topological polar surface area (TPSA) is 101 Å². The lowest BCUT2D eigenvalue weighted by Crippen LogP contribution is -2.44. The average molecular weight is 549 g/mol. The number of amides is 1. The second-order valence-electron chi connectivity index (χ2n) is 11.1. The minimum Gasteiger partial charge on any atom is -0.472 e. The molecule has 0 radical (unpaired) electrons. The maximum atomic E-state index is 13.9. The van der Waals surface area contributed by atoms with E-state index in [9.17, 15) is 13.2 Å². The summed E-state index contributed by atoms with van der Waals surface area (Å²) >= 11 is 0. The Kier molecular flexibility index (Phi) is 7.62. The van der Waals surface area contributed by atoms with Crippen molar-refractivity contribution in [1.29, 1.82) is 0 Å². The van der Waals surface area contributed by atoms with Crippen molar-refractivity contribution in [3.05, 3.63) is 65.2 Å². The lowest BCUT2D eigenvalue weighted by atomic mass is 9.98. The van der Waals surface area contributed by atoms with Crippen molar-refractivity contribution in [3.63, 3.8) is 0 Å². The van der Waals surface area contributed by atoms with E-state index in [0.29, 0.717) is 29.6 Å². The van der Waals surface area contributed by atoms with Gasteiger partial charge in [0.2, 0.25) is 11.8 Å². The third kappa shape index (κ3) is 5.93. The number of anilines is 1. The summed E-state index contributed by atoms with van der Waals surface area (Å²) in [7, 11) is -3.78. The number of sulfone groups is 1. The van der Waals surface area contributed by atoms with E-state index in [1.54, 1.807) is 12.1 Å². The van der Waals surface area contributed by atoms with E-state index in [2.05, 4.69) is 29.1 Å². The summed E-state index contributed by atoms with van der Waals surface area (Å²) in [5, 5.41) is 2.91. The monoisotopic (exact) mass is 548 g/mol. The summed E-state index contributed by atoms with van der Waals surface area (Å²) in [6.45, 7) is 8.76. The predicted octanol–water partition coefficient (Wildman–Crippen LogP) is 5.41. The second kappa shape index (κ2) is 11.0. The normalized spacial score (nSPS) is 20.9. The van der Waals surface area contributed by atoms with Gasteiger partial charge in [-0.3, -0.25) is 4.79 Å². The van der Waals surface area contributed by atoms with Gasteiger partial charge in [-0.15, -0.1) is 0 Å². The largest absolute Gasteiger partial charge is 0.472 e. The lowest BCUT2D eigenvalue weighted by Gasteiger charge is -2.33. The molecule has 2 atom stereocenters. The third-order valence-corrected chi connectivity index (χ3v) is 8.99. The number of aryl methyl sites for hydroxylation is 2. The van der Waals surface area contributed by atoms with E-state index >= 15 is 0 Å². The molecule has 1 saturated heterocycles. The Morgan fingerprint density at radius 1 is 1.05 bits per heavy atom. The SMILES string of the molecule is Cc1cccc(C)c1-c1cc2nc(n1)NCS(=O)(=O)c1cccc(c1)C(=O)N1C[C@@H](CCCC1CC(C)C)O2. The van der Waals surface area contributed by atoms with Crippen LogP contribution in [0.3, 0.4) is 0 Å². The van der Waals surface area contributed by atoms with Gasteiger partial charge in [0.25, 0.3) is 5.91 Å². The summed E-state index contributed by atoms with van der Waals surface area (Å²) in [6.07, 6.45) is 3.19. The van der Waals surface area contributed by atoms with Gasteiger partial charge in [0.15, 0.2) is 9.84 Å². The van der Waals surface area contributed by atoms with Crippen LogP contribution in [0.1, 0.15) is 61.0 Å².